The minimum Gasteiger partial charge on any atom is -0.313 e. The Labute approximate surface area is 373 Å². The third-order valence-corrected chi connectivity index (χ3v) is 12.7. The lowest BCUT2D eigenvalue weighted by Crippen LogP contribution is -2.10. The first-order valence-corrected chi connectivity index (χ1v) is 22.2. The number of fused-ring (bicyclic) bond motifs is 6. The minimum absolute atomic E-state index is 1.02. The van der Waals surface area contributed by atoms with Crippen LogP contribution in [0, 0.1) is 0 Å². The molecule has 12 rings (SSSR count). The van der Waals surface area contributed by atoms with E-state index in [4.69, 9.17) is 0 Å². The largest absolute Gasteiger partial charge is 0.313 e. The molecule has 0 aliphatic heterocycles. The average Bonchev–Trinajstić information content (AvgIpc) is 3.88. The molecule has 11 aromatic rings. The Balaban J connectivity index is 0.898. The van der Waals surface area contributed by atoms with Gasteiger partial charge >= 0.3 is 0 Å². The summed E-state index contributed by atoms with van der Waals surface area (Å²) in [5.74, 6) is 0. The molecule has 0 saturated heterocycles. The van der Waals surface area contributed by atoms with Gasteiger partial charge in [0.05, 0.1) is 16.6 Å². The van der Waals surface area contributed by atoms with Crippen molar-refractivity contribution in [1.29, 1.82) is 0 Å². The normalized spacial score (nSPS) is 12.2. The summed E-state index contributed by atoms with van der Waals surface area (Å²) in [4.78, 5) is 4.73. The Hall–Kier alpha value is -8.34. The fourth-order valence-electron chi connectivity index (χ4n) is 9.83. The predicted molar refractivity (Wildman–Crippen MR) is 270 cm³/mol. The maximum Gasteiger partial charge on any atom is 0.0542 e. The molecule has 0 amide bonds. The van der Waals surface area contributed by atoms with Crippen LogP contribution in [0.3, 0.4) is 0 Å². The highest BCUT2D eigenvalue weighted by Crippen LogP contribution is 2.43. The molecule has 64 heavy (non-hydrogen) atoms. The van der Waals surface area contributed by atoms with Gasteiger partial charge in [-0.05, 0) is 139 Å². The number of hydrogen-bond acceptors (Lipinski definition) is 2. The lowest BCUT2D eigenvalue weighted by Gasteiger charge is -2.26. The molecule has 0 saturated carbocycles. The van der Waals surface area contributed by atoms with Gasteiger partial charge in [-0.25, -0.2) is 0 Å². The second kappa shape index (κ2) is 15.8. The maximum absolute atomic E-state index is 2.45. The van der Waals surface area contributed by atoms with Crippen LogP contribution in [0.25, 0.3) is 61.3 Å². The standard InChI is InChI=1S/C60H44N4/c1-5-17-45(18-6-1)61(51-37-39-59-55(41-51)53-25-13-15-27-57(53)63(59)47-21-9-3-10-22-47)49-33-29-43(30-34-49)44-31-35-50(36-32-44)62(46-19-7-2-8-20-46)52-38-40-60-56(42-52)54-26-14-16-28-58(54)64(60)48-23-11-4-12-24-48/h1-15,17-27,29-42H,16,28H2. The van der Waals surface area contributed by atoms with Crippen LogP contribution in [-0.2, 0) is 6.42 Å². The fraction of sp³-hybridized carbons (Fsp3) is 0.0333. The van der Waals surface area contributed by atoms with Crippen molar-refractivity contribution >= 4 is 72.9 Å². The fourth-order valence-corrected chi connectivity index (χ4v) is 9.83. The number of hydrogen-bond donors (Lipinski definition) is 0. The van der Waals surface area contributed by atoms with Gasteiger partial charge in [0.1, 0.15) is 0 Å². The van der Waals surface area contributed by atoms with Gasteiger partial charge in [0, 0.05) is 72.9 Å². The smallest absolute Gasteiger partial charge is 0.0542 e. The number of anilines is 6. The maximum atomic E-state index is 2.45. The molecule has 0 fully saturated rings. The van der Waals surface area contributed by atoms with Gasteiger partial charge in [0.25, 0.3) is 0 Å². The van der Waals surface area contributed by atoms with E-state index in [9.17, 15) is 0 Å². The third kappa shape index (κ3) is 6.47. The quantitative estimate of drug-likeness (QED) is 0.144. The van der Waals surface area contributed by atoms with Crippen molar-refractivity contribution in [2.75, 3.05) is 9.80 Å². The third-order valence-electron chi connectivity index (χ3n) is 12.7. The first-order chi connectivity index (χ1) is 31.8. The Morgan fingerprint density at radius 1 is 0.328 bits per heavy atom. The van der Waals surface area contributed by atoms with E-state index in [0.29, 0.717) is 0 Å². The van der Waals surface area contributed by atoms with E-state index in [1.54, 1.807) is 0 Å². The second-order valence-corrected chi connectivity index (χ2v) is 16.5. The first kappa shape index (κ1) is 37.4. The summed E-state index contributed by atoms with van der Waals surface area (Å²) >= 11 is 0. The molecule has 2 heterocycles. The summed E-state index contributed by atoms with van der Waals surface area (Å²) in [5.41, 5.74) is 17.7. The molecule has 0 unspecified atom stereocenters. The molecule has 0 bridgehead atoms. The number of nitrogens with zero attached hydrogens (tertiary/aromatic N) is 4. The van der Waals surface area contributed by atoms with E-state index >= 15 is 0 Å². The van der Waals surface area contributed by atoms with Crippen molar-refractivity contribution in [3.05, 3.63) is 248 Å². The van der Waals surface area contributed by atoms with Gasteiger partial charge in [-0.15, -0.1) is 0 Å². The second-order valence-electron chi connectivity index (χ2n) is 16.5. The van der Waals surface area contributed by atoms with Gasteiger partial charge in [-0.2, -0.15) is 0 Å². The van der Waals surface area contributed by atoms with Crippen molar-refractivity contribution in [3.63, 3.8) is 0 Å². The van der Waals surface area contributed by atoms with Crippen molar-refractivity contribution < 1.29 is 0 Å². The van der Waals surface area contributed by atoms with Crippen LogP contribution in [0.5, 0.6) is 0 Å². The molecule has 4 nitrogen and oxygen atoms in total. The Bertz CT molecular complexity index is 3460. The molecule has 0 atom stereocenters. The zero-order valence-corrected chi connectivity index (χ0v) is 35.3. The van der Waals surface area contributed by atoms with Gasteiger partial charge < -0.3 is 18.9 Å². The van der Waals surface area contributed by atoms with Gasteiger partial charge in [0.2, 0.25) is 0 Å². The van der Waals surface area contributed by atoms with Crippen molar-refractivity contribution in [3.8, 4) is 22.5 Å². The molecule has 304 valence electrons. The predicted octanol–water partition coefficient (Wildman–Crippen LogP) is 16.3. The number of para-hydroxylation sites is 5. The molecular weight excluding hydrogens is 777 g/mol. The highest BCUT2D eigenvalue weighted by atomic mass is 15.1. The molecule has 4 heteroatoms. The Morgan fingerprint density at radius 2 is 0.750 bits per heavy atom. The first-order valence-electron chi connectivity index (χ1n) is 22.2. The molecule has 9 aromatic carbocycles. The topological polar surface area (TPSA) is 16.3 Å². The van der Waals surface area contributed by atoms with Crippen molar-refractivity contribution in [1.82, 2.24) is 9.13 Å². The SMILES string of the molecule is C1=Cc2c(n(-c3ccccc3)c3ccc(N(c4ccccc4)c4ccc(-c5ccc(N(c6ccccc6)c6ccc7c(c6)c6ccccc6n7-c6ccccc6)cc5)cc4)cc23)CC1. The number of benzene rings is 9. The van der Waals surface area contributed by atoms with Crippen molar-refractivity contribution in [2.24, 2.45) is 0 Å². The van der Waals surface area contributed by atoms with Crippen LogP contribution >= 0.6 is 0 Å². The highest BCUT2D eigenvalue weighted by Gasteiger charge is 2.22. The van der Waals surface area contributed by atoms with Crippen LogP contribution in [-0.4, -0.2) is 9.13 Å². The van der Waals surface area contributed by atoms with Crippen LogP contribution in [0.4, 0.5) is 34.1 Å². The average molecular weight is 821 g/mol. The van der Waals surface area contributed by atoms with E-state index in [-0.39, 0.29) is 0 Å². The molecule has 0 radical (unpaired) electrons. The lowest BCUT2D eigenvalue weighted by atomic mass is 10.0. The lowest BCUT2D eigenvalue weighted by molar-refractivity contribution is 0.888. The number of rotatable bonds is 9. The van der Waals surface area contributed by atoms with Gasteiger partial charge in [-0.3, -0.25) is 0 Å². The number of allylic oxidation sites excluding steroid dienone is 1. The summed E-state index contributed by atoms with van der Waals surface area (Å²) < 4.78 is 4.82. The summed E-state index contributed by atoms with van der Waals surface area (Å²) in [6, 6.07) is 83.3. The summed E-state index contributed by atoms with van der Waals surface area (Å²) in [5, 5.41) is 3.73. The molecule has 2 aromatic heterocycles. The minimum atomic E-state index is 1.02. The van der Waals surface area contributed by atoms with Crippen LogP contribution in [0.1, 0.15) is 17.7 Å². The Kier molecular flexibility index (Phi) is 9.27. The zero-order valence-electron chi connectivity index (χ0n) is 35.3. The van der Waals surface area contributed by atoms with E-state index in [1.165, 1.54) is 55.2 Å². The van der Waals surface area contributed by atoms with Crippen LogP contribution < -0.4 is 9.80 Å². The van der Waals surface area contributed by atoms with Crippen LogP contribution in [0.2, 0.25) is 0 Å². The zero-order chi connectivity index (χ0) is 42.4. The van der Waals surface area contributed by atoms with E-state index in [1.807, 2.05) is 0 Å². The number of aromatic nitrogens is 2. The van der Waals surface area contributed by atoms with Crippen molar-refractivity contribution in [2.45, 2.75) is 12.8 Å². The molecule has 1 aliphatic carbocycles. The van der Waals surface area contributed by atoms with Crippen LogP contribution in [0.15, 0.2) is 237 Å². The molecule has 0 spiro atoms. The highest BCUT2D eigenvalue weighted by molar-refractivity contribution is 6.10. The summed E-state index contributed by atoms with van der Waals surface area (Å²) in [6.45, 7) is 0. The van der Waals surface area contributed by atoms with Gasteiger partial charge in [0.15, 0.2) is 0 Å². The monoisotopic (exact) mass is 820 g/mol. The van der Waals surface area contributed by atoms with E-state index < -0.39 is 0 Å². The molecule has 0 N–H and O–H groups in total. The summed E-state index contributed by atoms with van der Waals surface area (Å²) in [6.07, 6.45) is 6.71. The Morgan fingerprint density at radius 3 is 1.31 bits per heavy atom. The van der Waals surface area contributed by atoms with Gasteiger partial charge in [-0.1, -0.05) is 127 Å². The van der Waals surface area contributed by atoms with E-state index in [2.05, 4.69) is 262 Å². The molecular formula is C60H44N4. The summed E-state index contributed by atoms with van der Waals surface area (Å²) in [7, 11) is 0. The molecule has 1 aliphatic rings. The van der Waals surface area contributed by atoms with E-state index in [0.717, 1.165) is 58.2 Å².